The van der Waals surface area contributed by atoms with Crippen LogP contribution in [0, 0.1) is 6.92 Å². The van der Waals surface area contributed by atoms with Crippen LogP contribution in [-0.2, 0) is 10.0 Å². The van der Waals surface area contributed by atoms with E-state index in [0.717, 1.165) is 0 Å². The van der Waals surface area contributed by atoms with Crippen molar-refractivity contribution < 1.29 is 17.9 Å². The van der Waals surface area contributed by atoms with Crippen LogP contribution in [0.4, 0.5) is 5.69 Å². The smallest absolute Gasteiger partial charge is 0.256 e. The Morgan fingerprint density at radius 1 is 1.25 bits per heavy atom. The van der Waals surface area contributed by atoms with Gasteiger partial charge in [-0.25, -0.2) is 13.6 Å². The van der Waals surface area contributed by atoms with Crippen LogP contribution >= 0.6 is 15.9 Å². The van der Waals surface area contributed by atoms with E-state index in [-0.39, 0.29) is 10.5 Å². The van der Waals surface area contributed by atoms with E-state index in [1.165, 1.54) is 30.0 Å². The van der Waals surface area contributed by atoms with E-state index in [1.807, 2.05) is 0 Å². The van der Waals surface area contributed by atoms with E-state index in [4.69, 9.17) is 9.88 Å². The summed E-state index contributed by atoms with van der Waals surface area (Å²) in [4.78, 5) is 12.5. The highest BCUT2D eigenvalue weighted by Crippen LogP contribution is 2.27. The Kier molecular flexibility index (Phi) is 5.45. The van der Waals surface area contributed by atoms with Gasteiger partial charge in [-0.15, -0.1) is 5.10 Å². The lowest BCUT2D eigenvalue weighted by Gasteiger charge is -2.12. The fourth-order valence-electron chi connectivity index (χ4n) is 2.44. The normalized spacial score (nSPS) is 11.3. The van der Waals surface area contributed by atoms with E-state index in [9.17, 15) is 13.2 Å². The fraction of sp³-hybridized carbons (Fsp3) is 0.125. The quantitative estimate of drug-likeness (QED) is 0.581. The van der Waals surface area contributed by atoms with Gasteiger partial charge in [-0.1, -0.05) is 0 Å². The summed E-state index contributed by atoms with van der Waals surface area (Å²) in [6.45, 7) is 1.72. The third-order valence-electron chi connectivity index (χ3n) is 3.80. The molecule has 28 heavy (non-hydrogen) atoms. The summed E-state index contributed by atoms with van der Waals surface area (Å²) in [6.07, 6.45) is 0. The molecule has 0 fully saturated rings. The highest BCUT2D eigenvalue weighted by Gasteiger charge is 2.17. The van der Waals surface area contributed by atoms with E-state index >= 15 is 0 Å². The summed E-state index contributed by atoms with van der Waals surface area (Å²) >= 11 is 3.24. The van der Waals surface area contributed by atoms with Gasteiger partial charge in [-0.3, -0.25) is 4.79 Å². The first-order valence-electron chi connectivity index (χ1n) is 7.78. The number of aromatic nitrogens is 4. The maximum absolute atomic E-state index is 12.7. The molecule has 1 heterocycles. The zero-order valence-electron chi connectivity index (χ0n) is 14.7. The molecule has 0 aliphatic rings. The zero-order valence-corrected chi connectivity index (χ0v) is 17.2. The molecule has 146 valence electrons. The number of rotatable bonds is 5. The second-order valence-corrected chi connectivity index (χ2v) is 8.08. The molecule has 1 amide bonds. The number of aryl methyl sites for hydroxylation is 1. The van der Waals surface area contributed by atoms with Crippen molar-refractivity contribution in [3.63, 3.8) is 0 Å². The highest BCUT2D eigenvalue weighted by atomic mass is 79.9. The van der Waals surface area contributed by atoms with Gasteiger partial charge < -0.3 is 10.1 Å². The van der Waals surface area contributed by atoms with Gasteiger partial charge in [0, 0.05) is 10.2 Å². The largest absolute Gasteiger partial charge is 0.494 e. The first-order chi connectivity index (χ1) is 13.2. The number of amides is 1. The summed E-state index contributed by atoms with van der Waals surface area (Å²) in [5, 5.41) is 19.2. The summed E-state index contributed by atoms with van der Waals surface area (Å²) in [5.41, 5.74) is 1.08. The third-order valence-corrected chi connectivity index (χ3v) is 5.40. The van der Waals surface area contributed by atoms with E-state index in [2.05, 4.69) is 36.8 Å². The molecule has 12 heteroatoms. The van der Waals surface area contributed by atoms with Gasteiger partial charge in [0.15, 0.2) is 5.82 Å². The molecule has 3 aromatic rings. The Bertz CT molecular complexity index is 1160. The molecule has 3 rings (SSSR count). The number of anilines is 1. The summed E-state index contributed by atoms with van der Waals surface area (Å²) in [5.74, 6) is 0.512. The number of tetrazole rings is 1. The van der Waals surface area contributed by atoms with Crippen molar-refractivity contribution in [1.82, 2.24) is 20.2 Å². The molecule has 0 bridgehead atoms. The van der Waals surface area contributed by atoms with Crippen LogP contribution in [-0.4, -0.2) is 41.6 Å². The van der Waals surface area contributed by atoms with Gasteiger partial charge in [-0.05, 0) is 69.7 Å². The molecule has 0 spiro atoms. The van der Waals surface area contributed by atoms with Crippen molar-refractivity contribution in [2.45, 2.75) is 11.8 Å². The van der Waals surface area contributed by atoms with Gasteiger partial charge in [0.05, 0.1) is 17.6 Å². The zero-order chi connectivity index (χ0) is 20.5. The molecule has 0 saturated heterocycles. The van der Waals surface area contributed by atoms with Crippen molar-refractivity contribution in [1.29, 1.82) is 0 Å². The fourth-order valence-corrected chi connectivity index (χ4v) is 3.41. The lowest BCUT2D eigenvalue weighted by atomic mass is 10.2. The molecular formula is C16H15BrN6O4S. The maximum atomic E-state index is 12.7. The molecule has 0 radical (unpaired) electrons. The summed E-state index contributed by atoms with van der Waals surface area (Å²) in [7, 11) is -2.43. The van der Waals surface area contributed by atoms with Crippen LogP contribution in [0.5, 0.6) is 5.75 Å². The Hall–Kier alpha value is -2.83. The standard InChI is InChI=1S/C16H15BrN6O4S/c1-9-20-21-22-23(9)14-7-10(3-6-15(14)27-2)19-16(24)12-8-11(28(18,25)26)4-5-13(12)17/h3-8H,1-2H3,(H,19,24)(H2,18,25,26). The second kappa shape index (κ2) is 7.66. The lowest BCUT2D eigenvalue weighted by molar-refractivity contribution is 0.102. The number of nitrogens with one attached hydrogen (secondary N) is 1. The number of primary sulfonamides is 1. The van der Waals surface area contributed by atoms with Gasteiger partial charge in [-0.2, -0.15) is 4.68 Å². The lowest BCUT2D eigenvalue weighted by Crippen LogP contribution is -2.16. The predicted molar refractivity (Wildman–Crippen MR) is 104 cm³/mol. The molecular weight excluding hydrogens is 452 g/mol. The van der Waals surface area contributed by atoms with Gasteiger partial charge in [0.25, 0.3) is 5.91 Å². The first-order valence-corrected chi connectivity index (χ1v) is 10.1. The number of halogens is 1. The number of ether oxygens (including phenoxy) is 1. The van der Waals surface area contributed by atoms with Gasteiger partial charge in [0.2, 0.25) is 10.0 Å². The van der Waals surface area contributed by atoms with Gasteiger partial charge >= 0.3 is 0 Å². The van der Waals surface area contributed by atoms with E-state index < -0.39 is 15.9 Å². The molecule has 2 aromatic carbocycles. The molecule has 0 saturated carbocycles. The summed E-state index contributed by atoms with van der Waals surface area (Å²) < 4.78 is 30.3. The number of methoxy groups -OCH3 is 1. The average molecular weight is 467 g/mol. The maximum Gasteiger partial charge on any atom is 0.256 e. The Labute approximate surface area is 168 Å². The molecule has 0 atom stereocenters. The molecule has 0 unspecified atom stereocenters. The monoisotopic (exact) mass is 466 g/mol. The molecule has 1 aromatic heterocycles. The highest BCUT2D eigenvalue weighted by molar-refractivity contribution is 9.10. The van der Waals surface area contributed by atoms with E-state index in [0.29, 0.717) is 27.4 Å². The number of nitrogens with zero attached hydrogens (tertiary/aromatic N) is 4. The Morgan fingerprint density at radius 2 is 2.00 bits per heavy atom. The Balaban J connectivity index is 1.97. The predicted octanol–water partition coefficient (Wildman–Crippen LogP) is 1.64. The number of carbonyl (C=O) groups is 1. The van der Waals surface area contributed by atoms with Gasteiger partial charge in [0.1, 0.15) is 11.4 Å². The van der Waals surface area contributed by atoms with Crippen LogP contribution in [0.15, 0.2) is 45.8 Å². The van der Waals surface area contributed by atoms with Crippen molar-refractivity contribution in [2.75, 3.05) is 12.4 Å². The number of hydrogen-bond donors (Lipinski definition) is 2. The number of benzene rings is 2. The van der Waals surface area contributed by atoms with Crippen molar-refractivity contribution in [2.24, 2.45) is 5.14 Å². The molecule has 0 aliphatic carbocycles. The first kappa shape index (κ1) is 19.9. The van der Waals surface area contributed by atoms with Crippen LogP contribution in [0.2, 0.25) is 0 Å². The van der Waals surface area contributed by atoms with Crippen molar-refractivity contribution >= 4 is 37.5 Å². The third kappa shape index (κ3) is 4.03. The van der Waals surface area contributed by atoms with Crippen molar-refractivity contribution in [3.8, 4) is 11.4 Å². The number of hydrogen-bond acceptors (Lipinski definition) is 7. The Morgan fingerprint density at radius 3 is 2.61 bits per heavy atom. The minimum Gasteiger partial charge on any atom is -0.494 e. The molecule has 0 aliphatic heterocycles. The van der Waals surface area contributed by atoms with Crippen LogP contribution in [0.25, 0.3) is 5.69 Å². The topological polar surface area (TPSA) is 142 Å². The van der Waals surface area contributed by atoms with E-state index in [1.54, 1.807) is 25.1 Å². The number of nitrogens with two attached hydrogens (primary N) is 1. The van der Waals surface area contributed by atoms with Crippen LogP contribution in [0.1, 0.15) is 16.2 Å². The number of sulfonamides is 1. The number of carbonyl (C=O) groups excluding carboxylic acids is 1. The molecule has 3 N–H and O–H groups in total. The minimum absolute atomic E-state index is 0.113. The second-order valence-electron chi connectivity index (χ2n) is 5.67. The van der Waals surface area contributed by atoms with Crippen molar-refractivity contribution in [3.05, 3.63) is 52.3 Å². The van der Waals surface area contributed by atoms with Crippen LogP contribution < -0.4 is 15.2 Å². The van der Waals surface area contributed by atoms with Crippen LogP contribution in [0.3, 0.4) is 0 Å². The molecule has 10 nitrogen and oxygen atoms in total. The average Bonchev–Trinajstić information content (AvgIpc) is 3.06. The SMILES string of the molecule is COc1ccc(NC(=O)c2cc(S(N)(=O)=O)ccc2Br)cc1-n1nnnc1C. The summed E-state index contributed by atoms with van der Waals surface area (Å²) in [6, 6.07) is 8.88. The minimum atomic E-state index is -3.94.